The minimum atomic E-state index is 0.264. The van der Waals surface area contributed by atoms with Gasteiger partial charge in [0.2, 0.25) is 0 Å². The lowest BCUT2D eigenvalue weighted by atomic mass is 10.2. The Kier molecular flexibility index (Phi) is 5.39. The second-order valence-corrected chi connectivity index (χ2v) is 6.78. The first-order chi connectivity index (χ1) is 9.10. The van der Waals surface area contributed by atoms with Gasteiger partial charge in [-0.2, -0.15) is 0 Å². The number of aryl methyl sites for hydroxylation is 1. The molecule has 0 bridgehead atoms. The van der Waals surface area contributed by atoms with Crippen molar-refractivity contribution < 1.29 is 0 Å². The van der Waals surface area contributed by atoms with Gasteiger partial charge in [-0.05, 0) is 47.0 Å². The van der Waals surface area contributed by atoms with E-state index in [4.69, 9.17) is 11.6 Å². The Labute approximate surface area is 131 Å². The van der Waals surface area contributed by atoms with E-state index in [0.717, 1.165) is 27.5 Å². The number of nitrogens with zero attached hydrogens (tertiary/aromatic N) is 1. The maximum atomic E-state index is 5.98. The van der Waals surface area contributed by atoms with Gasteiger partial charge in [0.15, 0.2) is 0 Å². The molecule has 0 fully saturated rings. The van der Waals surface area contributed by atoms with Crippen LogP contribution in [0.15, 0.2) is 28.9 Å². The van der Waals surface area contributed by atoms with E-state index in [0.29, 0.717) is 0 Å². The normalized spacial score (nSPS) is 12.6. The molecule has 19 heavy (non-hydrogen) atoms. The van der Waals surface area contributed by atoms with E-state index in [-0.39, 0.29) is 6.04 Å². The van der Waals surface area contributed by atoms with Crippen LogP contribution in [-0.4, -0.2) is 4.98 Å². The fourth-order valence-electron chi connectivity index (χ4n) is 1.69. The molecule has 1 unspecified atom stereocenters. The lowest BCUT2D eigenvalue weighted by Crippen LogP contribution is -2.17. The molecule has 1 N–H and O–H groups in total. The van der Waals surface area contributed by atoms with E-state index in [1.807, 2.05) is 24.4 Å². The van der Waals surface area contributed by atoms with Gasteiger partial charge in [-0.25, -0.2) is 4.98 Å². The van der Waals surface area contributed by atoms with Crippen molar-refractivity contribution in [1.82, 2.24) is 10.3 Å². The van der Waals surface area contributed by atoms with E-state index in [9.17, 15) is 0 Å². The summed E-state index contributed by atoms with van der Waals surface area (Å²) in [5.41, 5.74) is 1.20. The lowest BCUT2D eigenvalue weighted by Gasteiger charge is -2.11. The Hall–Kier alpha value is -0.420. The number of benzene rings is 1. The summed E-state index contributed by atoms with van der Waals surface area (Å²) in [5.74, 6) is 0. The zero-order valence-electron chi connectivity index (χ0n) is 10.9. The monoisotopic (exact) mass is 358 g/mol. The van der Waals surface area contributed by atoms with Crippen LogP contribution in [0.5, 0.6) is 0 Å². The van der Waals surface area contributed by atoms with Crippen molar-refractivity contribution in [3.05, 3.63) is 49.3 Å². The molecule has 0 saturated carbocycles. The molecule has 1 aromatic carbocycles. The van der Waals surface area contributed by atoms with Crippen molar-refractivity contribution in [2.45, 2.75) is 32.9 Å². The summed E-state index contributed by atoms with van der Waals surface area (Å²) in [4.78, 5) is 5.79. The molecule has 2 nitrogen and oxygen atoms in total. The molecule has 0 aliphatic heterocycles. The smallest absolute Gasteiger partial charge is 0.109 e. The van der Waals surface area contributed by atoms with Crippen LogP contribution in [0.25, 0.3) is 0 Å². The van der Waals surface area contributed by atoms with Gasteiger partial charge >= 0.3 is 0 Å². The number of hydrogen-bond acceptors (Lipinski definition) is 3. The highest BCUT2D eigenvalue weighted by Gasteiger charge is 2.09. The van der Waals surface area contributed by atoms with Crippen LogP contribution >= 0.6 is 38.9 Å². The average molecular weight is 360 g/mol. The largest absolute Gasteiger partial charge is 0.304 e. The number of thiazole rings is 1. The van der Waals surface area contributed by atoms with Crippen LogP contribution in [0.2, 0.25) is 5.02 Å². The quantitative estimate of drug-likeness (QED) is 0.815. The van der Waals surface area contributed by atoms with Crippen molar-refractivity contribution in [2.24, 2.45) is 0 Å². The molecule has 1 heterocycles. The molecule has 1 atom stereocenters. The molecule has 0 amide bonds. The standard InChI is InChI=1S/C14H16BrClN2S/c1-3-11-8-18-14(19-11)9(2)17-7-10-4-5-13(16)12(15)6-10/h4-6,8-9,17H,3,7H2,1-2H3. The molecular weight excluding hydrogens is 344 g/mol. The van der Waals surface area contributed by atoms with Crippen molar-refractivity contribution in [1.29, 1.82) is 0 Å². The van der Waals surface area contributed by atoms with Gasteiger partial charge < -0.3 is 5.32 Å². The van der Waals surface area contributed by atoms with Crippen LogP contribution in [0, 0.1) is 0 Å². The van der Waals surface area contributed by atoms with Gasteiger partial charge in [0.05, 0.1) is 11.1 Å². The highest BCUT2D eigenvalue weighted by Crippen LogP contribution is 2.24. The second-order valence-electron chi connectivity index (χ2n) is 4.37. The summed E-state index contributed by atoms with van der Waals surface area (Å²) in [6.45, 7) is 5.10. The third kappa shape index (κ3) is 4.02. The fraction of sp³-hybridized carbons (Fsp3) is 0.357. The van der Waals surface area contributed by atoms with Gasteiger partial charge in [-0.1, -0.05) is 24.6 Å². The number of nitrogens with one attached hydrogen (secondary N) is 1. The summed E-state index contributed by atoms with van der Waals surface area (Å²) < 4.78 is 0.934. The van der Waals surface area contributed by atoms with Crippen LogP contribution in [0.3, 0.4) is 0 Å². The van der Waals surface area contributed by atoms with Gasteiger partial charge in [0.1, 0.15) is 5.01 Å². The van der Waals surface area contributed by atoms with Crippen molar-refractivity contribution in [3.63, 3.8) is 0 Å². The maximum absolute atomic E-state index is 5.98. The second kappa shape index (κ2) is 6.84. The van der Waals surface area contributed by atoms with Crippen molar-refractivity contribution in [3.8, 4) is 0 Å². The Balaban J connectivity index is 1.95. The molecule has 0 aliphatic carbocycles. The molecule has 5 heteroatoms. The minimum Gasteiger partial charge on any atom is -0.304 e. The predicted octanol–water partition coefficient (Wildman–Crippen LogP) is 4.97. The molecule has 0 radical (unpaired) electrons. The Morgan fingerprint density at radius 3 is 2.89 bits per heavy atom. The molecule has 0 aliphatic rings. The van der Waals surface area contributed by atoms with Gasteiger partial charge in [-0.15, -0.1) is 11.3 Å². The maximum Gasteiger partial charge on any atom is 0.109 e. The van der Waals surface area contributed by atoms with Crippen LogP contribution in [0.4, 0.5) is 0 Å². The highest BCUT2D eigenvalue weighted by atomic mass is 79.9. The first-order valence-corrected chi connectivity index (χ1v) is 8.20. The van der Waals surface area contributed by atoms with Gasteiger partial charge in [0.25, 0.3) is 0 Å². The number of halogens is 2. The van der Waals surface area contributed by atoms with E-state index >= 15 is 0 Å². The highest BCUT2D eigenvalue weighted by molar-refractivity contribution is 9.10. The predicted molar refractivity (Wildman–Crippen MR) is 85.9 cm³/mol. The third-order valence-corrected chi connectivity index (χ3v) is 5.43. The molecular formula is C14H16BrClN2S. The number of rotatable bonds is 5. The zero-order chi connectivity index (χ0) is 13.8. The Morgan fingerprint density at radius 2 is 2.26 bits per heavy atom. The average Bonchev–Trinajstić information content (AvgIpc) is 2.88. The summed E-state index contributed by atoms with van der Waals surface area (Å²) >= 11 is 11.2. The Bertz CT molecular complexity index is 556. The zero-order valence-corrected chi connectivity index (χ0v) is 14.1. The molecule has 2 rings (SSSR count). The molecule has 102 valence electrons. The Morgan fingerprint density at radius 1 is 1.47 bits per heavy atom. The van der Waals surface area contributed by atoms with E-state index in [2.05, 4.69) is 40.1 Å². The summed E-state index contributed by atoms with van der Waals surface area (Å²) in [7, 11) is 0. The molecule has 0 saturated heterocycles. The molecule has 0 spiro atoms. The molecule has 1 aromatic heterocycles. The first kappa shape index (κ1) is 15.0. The lowest BCUT2D eigenvalue weighted by molar-refractivity contribution is 0.572. The third-order valence-electron chi connectivity index (χ3n) is 2.89. The van der Waals surface area contributed by atoms with Crippen molar-refractivity contribution >= 4 is 38.9 Å². The number of aromatic nitrogens is 1. The van der Waals surface area contributed by atoms with E-state index in [1.165, 1.54) is 10.4 Å². The fourth-order valence-corrected chi connectivity index (χ4v) is 3.12. The van der Waals surface area contributed by atoms with Gasteiger partial charge in [0, 0.05) is 22.1 Å². The minimum absolute atomic E-state index is 0.264. The summed E-state index contributed by atoms with van der Waals surface area (Å²) in [5, 5.41) is 5.37. The topological polar surface area (TPSA) is 24.9 Å². The van der Waals surface area contributed by atoms with Crippen LogP contribution < -0.4 is 5.32 Å². The van der Waals surface area contributed by atoms with Crippen LogP contribution in [0.1, 0.15) is 35.3 Å². The van der Waals surface area contributed by atoms with Gasteiger partial charge in [-0.3, -0.25) is 0 Å². The number of hydrogen-bond donors (Lipinski definition) is 1. The SMILES string of the molecule is CCc1cnc(C(C)NCc2ccc(Cl)c(Br)c2)s1. The summed E-state index contributed by atoms with van der Waals surface area (Å²) in [6.07, 6.45) is 3.02. The van der Waals surface area contributed by atoms with E-state index in [1.54, 1.807) is 11.3 Å². The van der Waals surface area contributed by atoms with Crippen molar-refractivity contribution in [2.75, 3.05) is 0 Å². The first-order valence-electron chi connectivity index (χ1n) is 6.22. The van der Waals surface area contributed by atoms with Crippen LogP contribution in [-0.2, 0) is 13.0 Å². The van der Waals surface area contributed by atoms with E-state index < -0.39 is 0 Å². The summed E-state index contributed by atoms with van der Waals surface area (Å²) in [6, 6.07) is 6.25. The molecule has 2 aromatic rings.